The number of benzene rings is 1. The zero-order valence-electron chi connectivity index (χ0n) is 16.3. The summed E-state index contributed by atoms with van der Waals surface area (Å²) in [7, 11) is 1.89. The van der Waals surface area contributed by atoms with Gasteiger partial charge in [0.1, 0.15) is 17.3 Å². The van der Waals surface area contributed by atoms with Crippen molar-refractivity contribution in [2.45, 2.75) is 6.04 Å². The van der Waals surface area contributed by atoms with Crippen LogP contribution in [0.3, 0.4) is 0 Å². The maximum Gasteiger partial charge on any atom is 0.326 e. The number of aromatic amines is 1. The predicted octanol–water partition coefficient (Wildman–Crippen LogP) is 2.89. The minimum absolute atomic E-state index is 0.162. The van der Waals surface area contributed by atoms with Crippen LogP contribution in [0.25, 0.3) is 21.9 Å². The fraction of sp³-hybridized carbons (Fsp3) is 0.286. The number of rotatable bonds is 4. The fourth-order valence-electron chi connectivity index (χ4n) is 4.44. The zero-order chi connectivity index (χ0) is 20.2. The number of H-pyrrole nitrogens is 1. The molecular formula is C21H20FN7O. The highest BCUT2D eigenvalue weighted by atomic mass is 19.1. The molecule has 3 aromatic heterocycles. The number of pyridine rings is 1. The summed E-state index contributed by atoms with van der Waals surface area (Å²) in [4.78, 5) is 18.9. The van der Waals surface area contributed by atoms with Crippen LogP contribution in [0.15, 0.2) is 36.7 Å². The van der Waals surface area contributed by atoms with Gasteiger partial charge in [0.2, 0.25) is 0 Å². The number of aromatic nitrogens is 4. The first-order chi connectivity index (χ1) is 14.7. The first-order valence-electron chi connectivity index (χ1n) is 9.96. The Morgan fingerprint density at radius 3 is 2.90 bits per heavy atom. The number of para-hydroxylation sites is 1. The molecule has 0 radical (unpaired) electrons. The van der Waals surface area contributed by atoms with Crippen molar-refractivity contribution >= 4 is 33.4 Å². The van der Waals surface area contributed by atoms with Gasteiger partial charge in [0, 0.05) is 50.1 Å². The summed E-state index contributed by atoms with van der Waals surface area (Å²) in [5.41, 5.74) is 2.64. The molecule has 0 amide bonds. The lowest BCUT2D eigenvalue weighted by molar-refractivity contribution is 0.297. The summed E-state index contributed by atoms with van der Waals surface area (Å²) in [6.45, 7) is 2.85. The van der Waals surface area contributed by atoms with Crippen molar-refractivity contribution in [1.29, 1.82) is 0 Å². The molecular weight excluding hydrogens is 385 g/mol. The van der Waals surface area contributed by atoms with E-state index < -0.39 is 5.82 Å². The van der Waals surface area contributed by atoms with Gasteiger partial charge in [-0.25, -0.2) is 4.39 Å². The molecule has 0 bridgehead atoms. The molecule has 2 saturated heterocycles. The van der Waals surface area contributed by atoms with E-state index in [0.29, 0.717) is 17.6 Å². The fourth-order valence-corrected chi connectivity index (χ4v) is 4.44. The van der Waals surface area contributed by atoms with E-state index in [1.807, 2.05) is 19.2 Å². The molecule has 8 nitrogen and oxygen atoms in total. The van der Waals surface area contributed by atoms with E-state index in [1.54, 1.807) is 0 Å². The molecule has 4 aromatic rings. The van der Waals surface area contributed by atoms with Crippen LogP contribution in [0.5, 0.6) is 11.8 Å². The lowest BCUT2D eigenvalue weighted by atomic mass is 9.96. The second-order valence-corrected chi connectivity index (χ2v) is 7.78. The highest BCUT2D eigenvalue weighted by Crippen LogP contribution is 2.38. The summed E-state index contributed by atoms with van der Waals surface area (Å²) in [6, 6.07) is 8.02. The number of hydrogen-bond acceptors (Lipinski definition) is 7. The van der Waals surface area contributed by atoms with Crippen LogP contribution in [0.1, 0.15) is 0 Å². The van der Waals surface area contributed by atoms with E-state index in [0.717, 1.165) is 53.6 Å². The van der Waals surface area contributed by atoms with Crippen molar-refractivity contribution in [3.8, 4) is 11.8 Å². The van der Waals surface area contributed by atoms with Crippen LogP contribution in [0.4, 0.5) is 15.9 Å². The normalized spacial score (nSPS) is 20.4. The van der Waals surface area contributed by atoms with Crippen LogP contribution in [-0.4, -0.2) is 52.7 Å². The van der Waals surface area contributed by atoms with E-state index >= 15 is 0 Å². The van der Waals surface area contributed by atoms with Gasteiger partial charge < -0.3 is 25.3 Å². The van der Waals surface area contributed by atoms with E-state index in [4.69, 9.17) is 9.72 Å². The Labute approximate surface area is 171 Å². The van der Waals surface area contributed by atoms with Crippen molar-refractivity contribution in [1.82, 2.24) is 25.3 Å². The van der Waals surface area contributed by atoms with E-state index in [-0.39, 0.29) is 11.8 Å². The van der Waals surface area contributed by atoms with Gasteiger partial charge in [-0.2, -0.15) is 9.97 Å². The predicted molar refractivity (Wildman–Crippen MR) is 113 cm³/mol. The average molecular weight is 405 g/mol. The first-order valence-corrected chi connectivity index (χ1v) is 9.96. The molecule has 152 valence electrons. The number of hydrogen-bond donors (Lipinski definition) is 3. The van der Waals surface area contributed by atoms with Gasteiger partial charge in [-0.05, 0) is 6.07 Å². The summed E-state index contributed by atoms with van der Waals surface area (Å²) >= 11 is 0. The largest absolute Gasteiger partial charge is 0.422 e. The molecule has 2 unspecified atom stereocenters. The van der Waals surface area contributed by atoms with Gasteiger partial charge in [-0.1, -0.05) is 12.1 Å². The van der Waals surface area contributed by atoms with Crippen molar-refractivity contribution in [2.75, 3.05) is 36.9 Å². The quantitative estimate of drug-likeness (QED) is 0.481. The highest BCUT2D eigenvalue weighted by Gasteiger charge is 2.40. The van der Waals surface area contributed by atoms with Crippen molar-refractivity contribution in [3.05, 3.63) is 42.5 Å². The molecule has 5 heterocycles. The van der Waals surface area contributed by atoms with Gasteiger partial charge in [0.15, 0.2) is 5.75 Å². The summed E-state index contributed by atoms with van der Waals surface area (Å²) in [5.74, 6) is 1.25. The van der Waals surface area contributed by atoms with Gasteiger partial charge in [-0.3, -0.25) is 4.98 Å². The van der Waals surface area contributed by atoms with Gasteiger partial charge in [0.05, 0.1) is 29.0 Å². The monoisotopic (exact) mass is 405 g/mol. The molecule has 1 aromatic carbocycles. The maximum atomic E-state index is 13.6. The summed E-state index contributed by atoms with van der Waals surface area (Å²) < 4.78 is 19.3. The molecule has 2 fully saturated rings. The minimum atomic E-state index is -0.472. The average Bonchev–Trinajstić information content (AvgIpc) is 3.24. The Balaban J connectivity index is 1.53. The second-order valence-electron chi connectivity index (χ2n) is 7.78. The Morgan fingerprint density at radius 1 is 1.23 bits per heavy atom. The Hall–Kier alpha value is -3.46. The molecule has 0 spiro atoms. The van der Waals surface area contributed by atoms with Gasteiger partial charge >= 0.3 is 6.01 Å². The topological polar surface area (TPSA) is 91.0 Å². The highest BCUT2D eigenvalue weighted by molar-refractivity contribution is 6.14. The SMILES string of the molecule is CNc1cccc2c1[nH]c1nc(Oc3cncc(F)c3)nc(N3CC4CNC4C3)c12. The first kappa shape index (κ1) is 17.4. The third kappa shape index (κ3) is 2.66. The van der Waals surface area contributed by atoms with Gasteiger partial charge in [0.25, 0.3) is 0 Å². The van der Waals surface area contributed by atoms with Crippen LogP contribution in [-0.2, 0) is 0 Å². The number of nitrogens with one attached hydrogen (secondary N) is 3. The molecule has 30 heavy (non-hydrogen) atoms. The molecule has 2 aliphatic rings. The Bertz CT molecular complexity index is 1260. The summed E-state index contributed by atoms with van der Waals surface area (Å²) in [5, 5.41) is 8.72. The third-order valence-electron chi connectivity index (χ3n) is 5.99. The maximum absolute atomic E-state index is 13.6. The Morgan fingerprint density at radius 2 is 2.17 bits per heavy atom. The summed E-state index contributed by atoms with van der Waals surface area (Å²) in [6.07, 6.45) is 2.58. The van der Waals surface area contributed by atoms with Crippen LogP contribution in [0.2, 0.25) is 0 Å². The second kappa shape index (κ2) is 6.53. The van der Waals surface area contributed by atoms with E-state index in [1.165, 1.54) is 12.3 Å². The number of ether oxygens (including phenoxy) is 1. The zero-order valence-corrected chi connectivity index (χ0v) is 16.3. The standard InChI is InChI=1S/C21H20FN7O/c1-23-15-4-2-3-14-17-19(26-18(14)15)27-21(30-13-5-12(22)7-24-8-13)28-20(17)29-9-11-6-25-16(11)10-29/h2-5,7-8,11,16,23,25H,6,9-10H2,1H3,(H,26,27,28). The van der Waals surface area contributed by atoms with Gasteiger partial charge in [-0.15, -0.1) is 0 Å². The van der Waals surface area contributed by atoms with E-state index in [9.17, 15) is 4.39 Å². The molecule has 0 aliphatic carbocycles. The minimum Gasteiger partial charge on any atom is -0.422 e. The van der Waals surface area contributed by atoms with Crippen molar-refractivity contribution in [3.63, 3.8) is 0 Å². The van der Waals surface area contributed by atoms with Crippen LogP contribution >= 0.6 is 0 Å². The number of nitrogens with zero attached hydrogens (tertiary/aromatic N) is 4. The Kier molecular flexibility index (Phi) is 3.79. The lowest BCUT2D eigenvalue weighted by Gasteiger charge is -2.29. The molecule has 3 N–H and O–H groups in total. The van der Waals surface area contributed by atoms with Crippen molar-refractivity contribution in [2.24, 2.45) is 5.92 Å². The third-order valence-corrected chi connectivity index (χ3v) is 5.99. The number of halogens is 1. The molecule has 2 aliphatic heterocycles. The van der Waals surface area contributed by atoms with E-state index in [2.05, 4.69) is 36.6 Å². The van der Waals surface area contributed by atoms with Crippen molar-refractivity contribution < 1.29 is 9.13 Å². The number of fused-ring (bicyclic) bond motifs is 4. The lowest BCUT2D eigenvalue weighted by Crippen LogP contribution is -2.51. The van der Waals surface area contributed by atoms with Crippen LogP contribution < -0.4 is 20.3 Å². The molecule has 6 rings (SSSR count). The number of anilines is 2. The molecule has 0 saturated carbocycles. The molecule has 9 heteroatoms. The van der Waals surface area contributed by atoms with Crippen LogP contribution in [0, 0.1) is 11.7 Å². The molecule has 2 atom stereocenters. The smallest absolute Gasteiger partial charge is 0.326 e.